The van der Waals surface area contributed by atoms with Gasteiger partial charge in [-0.1, -0.05) is 54.1 Å². The second-order valence-corrected chi connectivity index (χ2v) is 11.3. The summed E-state index contributed by atoms with van der Waals surface area (Å²) in [6.45, 7) is 1.90. The van der Waals surface area contributed by atoms with Crippen LogP contribution >= 0.6 is 23.4 Å². The number of anilines is 2. The molecule has 1 aromatic heterocycles. The van der Waals surface area contributed by atoms with E-state index in [9.17, 15) is 29.1 Å². The number of primary amides is 1. The van der Waals surface area contributed by atoms with Crippen molar-refractivity contribution in [2.75, 3.05) is 16.0 Å². The zero-order chi connectivity index (χ0) is 30.8. The second kappa shape index (κ2) is 13.9. The molecule has 2 aliphatic rings. The minimum atomic E-state index is -1.49. The smallest absolute Gasteiger partial charge is 0.543 e. The number of benzene rings is 2. The first kappa shape index (κ1) is 33.1. The van der Waals surface area contributed by atoms with Crippen LogP contribution < -0.4 is 61.5 Å². The fraction of sp³-hybridized carbons (Fsp3) is 0.214. The molecule has 13 nitrogen and oxygen atoms in total. The number of aromatic amines is 1. The van der Waals surface area contributed by atoms with Crippen LogP contribution in [0.1, 0.15) is 24.1 Å². The SMILES string of the molecule is CC1=C(C(=O)[O-])N2C(=O)C(NC(=O)C(c3ccccc3)N(C(N)=O)c3cnc(NCc4ccc(Cl)cc4)[nH]c3=O)[C@@H]2SC1.[Na+]. The monoisotopic (exact) mass is 645 g/mol. The minimum Gasteiger partial charge on any atom is -0.543 e. The molecule has 222 valence electrons. The molecule has 0 aliphatic carbocycles. The second-order valence-electron chi connectivity index (χ2n) is 9.76. The van der Waals surface area contributed by atoms with Gasteiger partial charge in [0.1, 0.15) is 23.1 Å². The van der Waals surface area contributed by atoms with E-state index in [0.717, 1.165) is 21.6 Å². The average molecular weight is 646 g/mol. The van der Waals surface area contributed by atoms with E-state index in [1.54, 1.807) is 61.5 Å². The Morgan fingerprint density at radius 3 is 2.48 bits per heavy atom. The van der Waals surface area contributed by atoms with Crippen LogP contribution in [-0.2, 0) is 20.9 Å². The number of carboxylic acids is 1. The Kier molecular flexibility index (Phi) is 10.4. The predicted octanol–water partition coefficient (Wildman–Crippen LogP) is -1.91. The number of nitrogens with zero attached hydrogens (tertiary/aromatic N) is 3. The molecule has 44 heavy (non-hydrogen) atoms. The van der Waals surface area contributed by atoms with Gasteiger partial charge in [-0.15, -0.1) is 11.8 Å². The van der Waals surface area contributed by atoms with Crippen LogP contribution in [0.2, 0.25) is 5.02 Å². The topological polar surface area (TPSA) is 194 Å². The molecular weight excluding hydrogens is 621 g/mol. The largest absolute Gasteiger partial charge is 1.00 e. The molecule has 3 atom stereocenters. The number of carbonyl (C=O) groups excluding carboxylic acids is 4. The van der Waals surface area contributed by atoms with Crippen molar-refractivity contribution in [2.24, 2.45) is 5.73 Å². The van der Waals surface area contributed by atoms with Crippen molar-refractivity contribution in [3.05, 3.63) is 98.6 Å². The number of aliphatic carboxylic acids is 1. The third-order valence-corrected chi connectivity index (χ3v) is 8.60. The molecule has 0 bridgehead atoms. The van der Waals surface area contributed by atoms with Gasteiger partial charge in [0, 0.05) is 17.3 Å². The van der Waals surface area contributed by atoms with Crippen molar-refractivity contribution in [1.29, 1.82) is 0 Å². The molecule has 5 N–H and O–H groups in total. The summed E-state index contributed by atoms with van der Waals surface area (Å²) in [4.78, 5) is 73.1. The Labute approximate surface area is 282 Å². The number of amides is 4. The number of H-pyrrole nitrogens is 1. The van der Waals surface area contributed by atoms with Gasteiger partial charge < -0.3 is 26.3 Å². The Hall–Kier alpha value is -3.82. The number of hydrogen-bond acceptors (Lipinski definition) is 9. The Morgan fingerprint density at radius 1 is 1.18 bits per heavy atom. The number of carbonyl (C=O) groups is 4. The molecule has 4 amide bonds. The first-order valence-corrected chi connectivity index (χ1v) is 14.4. The van der Waals surface area contributed by atoms with E-state index < -0.39 is 46.8 Å². The first-order valence-electron chi connectivity index (χ1n) is 12.9. The van der Waals surface area contributed by atoms with Crippen molar-refractivity contribution >= 4 is 58.8 Å². The van der Waals surface area contributed by atoms with Gasteiger partial charge in [0.05, 0.1) is 17.9 Å². The number of carboxylic acid groups (broad SMARTS) is 1. The van der Waals surface area contributed by atoms with E-state index in [4.69, 9.17) is 17.3 Å². The maximum atomic E-state index is 13.8. The maximum Gasteiger partial charge on any atom is 1.00 e. The van der Waals surface area contributed by atoms with Crippen LogP contribution in [-0.4, -0.2) is 55.9 Å². The van der Waals surface area contributed by atoms with Crippen LogP contribution in [0.15, 0.2) is 76.9 Å². The number of fused-ring (bicyclic) bond motifs is 1. The molecule has 5 rings (SSSR count). The molecule has 2 aromatic carbocycles. The molecule has 1 saturated heterocycles. The van der Waals surface area contributed by atoms with Crippen molar-refractivity contribution in [3.63, 3.8) is 0 Å². The van der Waals surface area contributed by atoms with Crippen LogP contribution in [0.3, 0.4) is 0 Å². The van der Waals surface area contributed by atoms with Crippen LogP contribution in [0.25, 0.3) is 0 Å². The van der Waals surface area contributed by atoms with Gasteiger partial charge in [0.15, 0.2) is 0 Å². The Bertz CT molecular complexity index is 1690. The number of rotatable bonds is 9. The van der Waals surface area contributed by atoms with E-state index >= 15 is 0 Å². The summed E-state index contributed by atoms with van der Waals surface area (Å²) in [5, 5.41) is 17.1. The van der Waals surface area contributed by atoms with Crippen molar-refractivity contribution < 1.29 is 53.8 Å². The van der Waals surface area contributed by atoms with Crippen LogP contribution in [0.5, 0.6) is 0 Å². The quantitative estimate of drug-likeness (QED) is 0.152. The molecule has 0 spiro atoms. The third kappa shape index (κ3) is 6.64. The van der Waals surface area contributed by atoms with Gasteiger partial charge in [-0.3, -0.25) is 29.2 Å². The van der Waals surface area contributed by atoms with E-state index in [-0.39, 0.29) is 46.9 Å². The Balaban J connectivity index is 0.00000442. The molecule has 16 heteroatoms. The molecule has 0 saturated carbocycles. The molecule has 2 aliphatic heterocycles. The summed E-state index contributed by atoms with van der Waals surface area (Å²) in [6.07, 6.45) is 1.12. The van der Waals surface area contributed by atoms with Gasteiger partial charge in [-0.05, 0) is 35.8 Å². The number of nitrogens with one attached hydrogen (secondary N) is 3. The number of nitrogens with two attached hydrogens (primary N) is 1. The van der Waals surface area contributed by atoms with Gasteiger partial charge in [-0.2, -0.15) is 0 Å². The van der Waals surface area contributed by atoms with E-state index in [1.807, 2.05) is 0 Å². The molecule has 2 unspecified atom stereocenters. The zero-order valence-corrected chi connectivity index (χ0v) is 27.1. The van der Waals surface area contributed by atoms with Crippen molar-refractivity contribution in [1.82, 2.24) is 20.2 Å². The van der Waals surface area contributed by atoms with Crippen LogP contribution in [0, 0.1) is 0 Å². The van der Waals surface area contributed by atoms with Crippen molar-refractivity contribution in [2.45, 2.75) is 30.9 Å². The molecule has 3 aromatic rings. The zero-order valence-electron chi connectivity index (χ0n) is 23.6. The predicted molar refractivity (Wildman–Crippen MR) is 158 cm³/mol. The van der Waals surface area contributed by atoms with E-state index in [1.165, 1.54) is 11.8 Å². The fourth-order valence-electron chi connectivity index (χ4n) is 4.87. The number of hydrogen-bond donors (Lipinski definition) is 4. The average Bonchev–Trinajstić information content (AvgIpc) is 2.98. The first-order chi connectivity index (χ1) is 20.6. The maximum absolute atomic E-state index is 13.8. The molecule has 0 radical (unpaired) electrons. The van der Waals surface area contributed by atoms with E-state index in [2.05, 4.69) is 20.6 Å². The molecule has 3 heterocycles. The normalized spacial score (nSPS) is 17.9. The fourth-order valence-corrected chi connectivity index (χ4v) is 6.29. The number of thioether (sulfide) groups is 1. The number of β-lactam (4-membered cyclic amide) rings is 1. The minimum absolute atomic E-state index is 0. The summed E-state index contributed by atoms with van der Waals surface area (Å²) in [5.41, 5.74) is 6.08. The summed E-state index contributed by atoms with van der Waals surface area (Å²) < 4.78 is 0. The van der Waals surface area contributed by atoms with Gasteiger partial charge in [0.25, 0.3) is 11.5 Å². The summed E-state index contributed by atoms with van der Waals surface area (Å²) in [6, 6.07) is 11.5. The standard InChI is InChI=1S/C28H26ClN7O6S.Na/c1-14-13-43-25-19(24(39)36(25)20(14)26(40)41)33-23(38)21(16-5-3-2-4-6-16)35(27(30)42)18-12-32-28(34-22(18)37)31-11-15-7-9-17(29)10-8-15;/h2-10,12,19,21,25H,11,13H2,1H3,(H2,30,42)(H,33,38)(H,40,41)(H2,31,32,34,37);/q;+1/p-1/t19?,21?,25-;/m0./s1. The number of halogens is 1. The summed E-state index contributed by atoms with van der Waals surface area (Å²) in [5.74, 6) is -2.51. The molecule has 1 fully saturated rings. The van der Waals surface area contributed by atoms with Gasteiger partial charge >= 0.3 is 35.6 Å². The summed E-state index contributed by atoms with van der Waals surface area (Å²) in [7, 11) is 0. The summed E-state index contributed by atoms with van der Waals surface area (Å²) >= 11 is 7.20. The Morgan fingerprint density at radius 2 is 1.86 bits per heavy atom. The number of aromatic nitrogens is 2. The number of urea groups is 1. The van der Waals surface area contributed by atoms with Gasteiger partial charge in [-0.25, -0.2) is 9.78 Å². The van der Waals surface area contributed by atoms with Crippen molar-refractivity contribution in [3.8, 4) is 0 Å². The molecular formula is C28H25ClN7NaO6S. The van der Waals surface area contributed by atoms with Crippen LogP contribution in [0.4, 0.5) is 16.4 Å². The van der Waals surface area contributed by atoms with Gasteiger partial charge in [0.2, 0.25) is 11.9 Å². The third-order valence-electron chi connectivity index (χ3n) is 6.92. The van der Waals surface area contributed by atoms with E-state index in [0.29, 0.717) is 28.5 Å².